The third-order valence-corrected chi connectivity index (χ3v) is 3.80. The minimum absolute atomic E-state index is 0.122. The van der Waals surface area contributed by atoms with Crippen molar-refractivity contribution in [3.8, 4) is 10.4 Å². The zero-order valence-corrected chi connectivity index (χ0v) is 11.8. The number of aromatic nitrogens is 2. The summed E-state index contributed by atoms with van der Waals surface area (Å²) < 4.78 is 0. The van der Waals surface area contributed by atoms with E-state index in [1.807, 2.05) is 26.1 Å². The van der Waals surface area contributed by atoms with Gasteiger partial charge in [0.1, 0.15) is 0 Å². The van der Waals surface area contributed by atoms with Gasteiger partial charge in [0.15, 0.2) is 5.01 Å². The molecule has 2 aromatic heterocycles. The molecule has 19 heavy (non-hydrogen) atoms. The number of likely N-dealkylation sites (N-methyl/N-ethyl adjacent to an activating group) is 1. The maximum atomic E-state index is 11.9. The molecule has 0 aliphatic rings. The fourth-order valence-electron chi connectivity index (χ4n) is 1.64. The van der Waals surface area contributed by atoms with Gasteiger partial charge in [0.05, 0.1) is 10.6 Å². The number of aryl methyl sites for hydroxylation is 1. The molecule has 0 aliphatic heterocycles. The van der Waals surface area contributed by atoms with Crippen LogP contribution in [0.4, 0.5) is 0 Å². The lowest BCUT2D eigenvalue weighted by atomic mass is 10.2. The Hall–Kier alpha value is -1.79. The highest BCUT2D eigenvalue weighted by Gasteiger charge is 2.14. The summed E-state index contributed by atoms with van der Waals surface area (Å²) in [6.45, 7) is 3.25. The number of nitrogens with one attached hydrogen (secondary N) is 2. The van der Waals surface area contributed by atoms with E-state index in [1.165, 1.54) is 11.3 Å². The van der Waals surface area contributed by atoms with Gasteiger partial charge in [-0.2, -0.15) is 0 Å². The lowest BCUT2D eigenvalue weighted by molar-refractivity contribution is 0.0953. The standard InChI is InChI=1S/C13H16N4OS/c1-9-11(10-3-5-15-6-4-10)19-13(17-9)12(18)16-8-7-14-2/h3-6,14H,7-8H2,1-2H3,(H,16,18). The highest BCUT2D eigenvalue weighted by atomic mass is 32.1. The highest BCUT2D eigenvalue weighted by Crippen LogP contribution is 2.29. The second kappa shape index (κ2) is 6.40. The van der Waals surface area contributed by atoms with Crippen molar-refractivity contribution < 1.29 is 4.79 Å². The van der Waals surface area contributed by atoms with Gasteiger partial charge in [0, 0.05) is 25.5 Å². The Morgan fingerprint density at radius 3 is 2.74 bits per heavy atom. The van der Waals surface area contributed by atoms with Gasteiger partial charge >= 0.3 is 0 Å². The number of hydrogen-bond acceptors (Lipinski definition) is 5. The molecule has 0 aliphatic carbocycles. The number of amides is 1. The summed E-state index contributed by atoms with van der Waals surface area (Å²) in [6.07, 6.45) is 3.47. The third kappa shape index (κ3) is 3.36. The molecule has 0 unspecified atom stereocenters. The first-order valence-electron chi connectivity index (χ1n) is 6.03. The first kappa shape index (κ1) is 13.6. The van der Waals surface area contributed by atoms with E-state index in [4.69, 9.17) is 0 Å². The quantitative estimate of drug-likeness (QED) is 0.811. The van der Waals surface area contributed by atoms with Gasteiger partial charge in [0.2, 0.25) is 0 Å². The van der Waals surface area contributed by atoms with Gasteiger partial charge < -0.3 is 10.6 Å². The second-order valence-corrected chi connectivity index (χ2v) is 5.03. The largest absolute Gasteiger partial charge is 0.349 e. The van der Waals surface area contributed by atoms with Crippen molar-refractivity contribution in [3.63, 3.8) is 0 Å². The van der Waals surface area contributed by atoms with Crippen LogP contribution >= 0.6 is 11.3 Å². The van der Waals surface area contributed by atoms with E-state index in [2.05, 4.69) is 20.6 Å². The molecule has 2 aromatic rings. The summed E-state index contributed by atoms with van der Waals surface area (Å²) in [5.74, 6) is -0.122. The van der Waals surface area contributed by atoms with Crippen LogP contribution in [0.2, 0.25) is 0 Å². The molecule has 2 N–H and O–H groups in total. The Kier molecular flexibility index (Phi) is 4.59. The van der Waals surface area contributed by atoms with E-state index >= 15 is 0 Å². The van der Waals surface area contributed by atoms with Gasteiger partial charge in [-0.3, -0.25) is 9.78 Å². The number of rotatable bonds is 5. The second-order valence-electron chi connectivity index (χ2n) is 4.03. The summed E-state index contributed by atoms with van der Waals surface area (Å²) >= 11 is 1.41. The van der Waals surface area contributed by atoms with E-state index in [9.17, 15) is 4.79 Å². The fraction of sp³-hybridized carbons (Fsp3) is 0.308. The first-order valence-corrected chi connectivity index (χ1v) is 6.84. The normalized spacial score (nSPS) is 10.4. The number of thiazole rings is 1. The summed E-state index contributed by atoms with van der Waals surface area (Å²) in [4.78, 5) is 21.2. The van der Waals surface area contributed by atoms with Crippen molar-refractivity contribution in [1.82, 2.24) is 20.6 Å². The Bertz CT molecular complexity index is 553. The van der Waals surface area contributed by atoms with Crippen LogP contribution in [-0.2, 0) is 0 Å². The SMILES string of the molecule is CNCCNC(=O)c1nc(C)c(-c2ccncc2)s1. The zero-order valence-electron chi connectivity index (χ0n) is 10.9. The minimum atomic E-state index is -0.122. The lowest BCUT2D eigenvalue weighted by Gasteiger charge is -2.00. The predicted octanol–water partition coefficient (Wildman–Crippen LogP) is 1.46. The number of nitrogens with zero attached hydrogens (tertiary/aromatic N) is 2. The van der Waals surface area contributed by atoms with E-state index in [1.54, 1.807) is 12.4 Å². The number of carbonyl (C=O) groups excluding carboxylic acids is 1. The van der Waals surface area contributed by atoms with Crippen molar-refractivity contribution in [2.45, 2.75) is 6.92 Å². The molecule has 0 spiro atoms. The number of hydrogen-bond donors (Lipinski definition) is 2. The van der Waals surface area contributed by atoms with Crippen LogP contribution in [0, 0.1) is 6.92 Å². The van der Waals surface area contributed by atoms with Crippen LogP contribution in [0.25, 0.3) is 10.4 Å². The summed E-state index contributed by atoms with van der Waals surface area (Å²) in [5.41, 5.74) is 1.91. The summed E-state index contributed by atoms with van der Waals surface area (Å²) in [6, 6.07) is 3.84. The van der Waals surface area contributed by atoms with Crippen molar-refractivity contribution in [2.75, 3.05) is 20.1 Å². The molecule has 0 radical (unpaired) electrons. The van der Waals surface area contributed by atoms with Crippen LogP contribution in [0.5, 0.6) is 0 Å². The Labute approximate surface area is 116 Å². The van der Waals surface area contributed by atoms with Gasteiger partial charge in [-0.15, -0.1) is 11.3 Å². The predicted molar refractivity (Wildman–Crippen MR) is 76.3 cm³/mol. The maximum absolute atomic E-state index is 11.9. The number of carbonyl (C=O) groups is 1. The first-order chi connectivity index (χ1) is 9.22. The van der Waals surface area contributed by atoms with Gasteiger partial charge in [-0.25, -0.2) is 4.98 Å². The molecular weight excluding hydrogens is 260 g/mol. The van der Waals surface area contributed by atoms with Gasteiger partial charge in [-0.05, 0) is 31.7 Å². The van der Waals surface area contributed by atoms with Gasteiger partial charge in [0.25, 0.3) is 5.91 Å². The van der Waals surface area contributed by atoms with Crippen molar-refractivity contribution >= 4 is 17.2 Å². The van der Waals surface area contributed by atoms with Crippen molar-refractivity contribution in [3.05, 3.63) is 35.2 Å². The van der Waals surface area contributed by atoms with E-state index in [0.29, 0.717) is 11.6 Å². The Balaban J connectivity index is 2.15. The summed E-state index contributed by atoms with van der Waals surface area (Å²) in [7, 11) is 1.85. The molecule has 0 fully saturated rings. The van der Waals surface area contributed by atoms with Crippen LogP contribution in [-0.4, -0.2) is 36.0 Å². The van der Waals surface area contributed by atoms with Crippen LogP contribution in [0.1, 0.15) is 15.5 Å². The molecule has 0 saturated heterocycles. The minimum Gasteiger partial charge on any atom is -0.349 e. The average Bonchev–Trinajstić information content (AvgIpc) is 2.82. The smallest absolute Gasteiger partial charge is 0.280 e. The molecule has 2 heterocycles. The molecule has 0 saturated carbocycles. The third-order valence-electron chi connectivity index (χ3n) is 2.59. The zero-order chi connectivity index (χ0) is 13.7. The maximum Gasteiger partial charge on any atom is 0.280 e. The molecule has 0 atom stereocenters. The lowest BCUT2D eigenvalue weighted by Crippen LogP contribution is -2.30. The summed E-state index contributed by atoms with van der Waals surface area (Å²) in [5, 5.41) is 6.30. The molecular formula is C13H16N4OS. The monoisotopic (exact) mass is 276 g/mol. The van der Waals surface area contributed by atoms with E-state index in [-0.39, 0.29) is 5.91 Å². The highest BCUT2D eigenvalue weighted by molar-refractivity contribution is 7.17. The molecule has 6 heteroatoms. The Morgan fingerprint density at radius 1 is 1.32 bits per heavy atom. The number of pyridine rings is 1. The average molecular weight is 276 g/mol. The molecule has 2 rings (SSSR count). The molecule has 5 nitrogen and oxygen atoms in total. The van der Waals surface area contributed by atoms with Crippen LogP contribution in [0.15, 0.2) is 24.5 Å². The topological polar surface area (TPSA) is 66.9 Å². The molecule has 1 amide bonds. The van der Waals surface area contributed by atoms with Crippen LogP contribution < -0.4 is 10.6 Å². The fourth-order valence-corrected chi connectivity index (χ4v) is 2.63. The Morgan fingerprint density at radius 2 is 2.05 bits per heavy atom. The van der Waals surface area contributed by atoms with Gasteiger partial charge in [-0.1, -0.05) is 0 Å². The van der Waals surface area contributed by atoms with E-state index in [0.717, 1.165) is 22.7 Å². The molecule has 100 valence electrons. The van der Waals surface area contributed by atoms with Crippen molar-refractivity contribution in [2.24, 2.45) is 0 Å². The molecule has 0 bridgehead atoms. The molecule has 0 aromatic carbocycles. The van der Waals surface area contributed by atoms with Crippen molar-refractivity contribution in [1.29, 1.82) is 0 Å². The van der Waals surface area contributed by atoms with Crippen LogP contribution in [0.3, 0.4) is 0 Å². The van der Waals surface area contributed by atoms with E-state index < -0.39 is 0 Å².